The number of thiazole rings is 1. The third kappa shape index (κ3) is 2.99. The van der Waals surface area contributed by atoms with E-state index in [-0.39, 0.29) is 11.8 Å². The molecule has 0 aliphatic carbocycles. The highest BCUT2D eigenvalue weighted by molar-refractivity contribution is 7.14. The molecule has 2 aromatic rings. The minimum atomic E-state index is -0.275. The summed E-state index contributed by atoms with van der Waals surface area (Å²) in [6.45, 7) is 5.54. The molecule has 0 fully saturated rings. The van der Waals surface area contributed by atoms with Crippen LogP contribution in [0.4, 0.5) is 5.13 Å². The molecule has 20 heavy (non-hydrogen) atoms. The first-order valence-corrected chi connectivity index (χ1v) is 7.46. The fraction of sp³-hybridized carbons (Fsp3) is 0.364. The van der Waals surface area contributed by atoms with Crippen LogP contribution in [0.5, 0.6) is 0 Å². The van der Waals surface area contributed by atoms with Crippen LogP contribution < -0.4 is 5.32 Å². The maximum atomic E-state index is 12.2. The van der Waals surface area contributed by atoms with Crippen molar-refractivity contribution in [2.45, 2.75) is 26.7 Å². The van der Waals surface area contributed by atoms with Gasteiger partial charge in [0.05, 0.1) is 5.69 Å². The molecule has 2 aromatic heterocycles. The average Bonchev–Trinajstić information content (AvgIpc) is 3.06. The highest BCUT2D eigenvalue weighted by atomic mass is 32.1. The standard InChI is InChI=1S/C11H13N5O2S2/c1-5(2)8-9(20-16-14-8)10(17)13-11-12-7(4-19-11)6(3)15-18/h4-5,18H,1-3H3,(H,12,13,17). The molecular formula is C11H13N5O2S2. The van der Waals surface area contributed by atoms with Crippen molar-refractivity contribution in [1.82, 2.24) is 14.6 Å². The van der Waals surface area contributed by atoms with Gasteiger partial charge in [0.25, 0.3) is 5.91 Å². The maximum Gasteiger partial charge on any atom is 0.271 e. The second kappa shape index (κ2) is 6.06. The van der Waals surface area contributed by atoms with E-state index < -0.39 is 0 Å². The molecule has 106 valence electrons. The van der Waals surface area contributed by atoms with E-state index in [4.69, 9.17) is 5.21 Å². The molecule has 0 saturated heterocycles. The third-order valence-electron chi connectivity index (χ3n) is 2.51. The van der Waals surface area contributed by atoms with E-state index in [0.29, 0.717) is 27.1 Å². The third-order valence-corrected chi connectivity index (χ3v) is 4.01. The predicted molar refractivity (Wildman–Crippen MR) is 78.1 cm³/mol. The lowest BCUT2D eigenvalue weighted by molar-refractivity contribution is 0.102. The van der Waals surface area contributed by atoms with Gasteiger partial charge in [0.2, 0.25) is 0 Å². The van der Waals surface area contributed by atoms with Crippen LogP contribution in [0.1, 0.15) is 47.7 Å². The summed E-state index contributed by atoms with van der Waals surface area (Å²) in [7, 11) is 0. The van der Waals surface area contributed by atoms with Crippen molar-refractivity contribution < 1.29 is 10.0 Å². The lowest BCUT2D eigenvalue weighted by atomic mass is 10.1. The van der Waals surface area contributed by atoms with E-state index in [1.165, 1.54) is 11.3 Å². The Morgan fingerprint density at radius 1 is 1.50 bits per heavy atom. The van der Waals surface area contributed by atoms with Gasteiger partial charge in [-0.05, 0) is 24.4 Å². The number of carbonyl (C=O) groups excluding carboxylic acids is 1. The van der Waals surface area contributed by atoms with E-state index in [1.54, 1.807) is 12.3 Å². The van der Waals surface area contributed by atoms with Crippen molar-refractivity contribution in [1.29, 1.82) is 0 Å². The van der Waals surface area contributed by atoms with Gasteiger partial charge in [-0.15, -0.1) is 16.4 Å². The van der Waals surface area contributed by atoms with E-state index in [1.807, 2.05) is 13.8 Å². The number of amides is 1. The van der Waals surface area contributed by atoms with E-state index in [2.05, 4.69) is 25.0 Å². The first-order chi connectivity index (χ1) is 9.52. The summed E-state index contributed by atoms with van der Waals surface area (Å²) in [5, 5.41) is 20.6. The minimum Gasteiger partial charge on any atom is -0.411 e. The Bertz CT molecular complexity index is 647. The van der Waals surface area contributed by atoms with Crippen molar-refractivity contribution in [3.05, 3.63) is 21.6 Å². The number of hydrogen-bond acceptors (Lipinski definition) is 8. The molecule has 7 nitrogen and oxygen atoms in total. The number of oxime groups is 1. The summed E-state index contributed by atoms with van der Waals surface area (Å²) in [5.74, 6) is -0.145. The molecule has 1 amide bonds. The Morgan fingerprint density at radius 2 is 2.25 bits per heavy atom. The smallest absolute Gasteiger partial charge is 0.271 e. The van der Waals surface area contributed by atoms with Crippen molar-refractivity contribution >= 4 is 39.6 Å². The summed E-state index contributed by atoms with van der Waals surface area (Å²) in [5.41, 5.74) is 1.60. The Balaban J connectivity index is 2.16. The molecule has 9 heteroatoms. The minimum absolute atomic E-state index is 0.130. The van der Waals surface area contributed by atoms with Crippen LogP contribution in [0, 0.1) is 0 Å². The second-order valence-corrected chi connectivity index (χ2v) is 5.93. The molecule has 0 aliphatic rings. The number of rotatable bonds is 4. The van der Waals surface area contributed by atoms with E-state index in [9.17, 15) is 4.79 Å². The molecule has 0 spiro atoms. The lowest BCUT2D eigenvalue weighted by Crippen LogP contribution is -2.13. The number of nitrogens with one attached hydrogen (secondary N) is 1. The Hall–Kier alpha value is -1.87. The molecule has 0 saturated carbocycles. The number of anilines is 1. The topological polar surface area (TPSA) is 100 Å². The molecule has 0 aromatic carbocycles. The highest BCUT2D eigenvalue weighted by Crippen LogP contribution is 2.22. The Morgan fingerprint density at radius 3 is 2.90 bits per heavy atom. The van der Waals surface area contributed by atoms with Gasteiger partial charge in [-0.2, -0.15) is 0 Å². The van der Waals surface area contributed by atoms with E-state index in [0.717, 1.165) is 11.5 Å². The van der Waals surface area contributed by atoms with Crippen LogP contribution in [-0.4, -0.2) is 31.4 Å². The van der Waals surface area contributed by atoms with Crippen LogP contribution in [0.15, 0.2) is 10.5 Å². The van der Waals surface area contributed by atoms with Crippen molar-refractivity contribution in [2.75, 3.05) is 5.32 Å². The number of carbonyl (C=O) groups is 1. The Labute approximate surface area is 123 Å². The fourth-order valence-electron chi connectivity index (χ4n) is 1.44. The van der Waals surface area contributed by atoms with Gasteiger partial charge in [0.1, 0.15) is 16.3 Å². The molecular weight excluding hydrogens is 298 g/mol. The molecule has 2 N–H and O–H groups in total. The average molecular weight is 311 g/mol. The molecule has 0 radical (unpaired) electrons. The zero-order chi connectivity index (χ0) is 14.7. The summed E-state index contributed by atoms with van der Waals surface area (Å²) in [6.07, 6.45) is 0. The lowest BCUT2D eigenvalue weighted by Gasteiger charge is -2.03. The summed E-state index contributed by atoms with van der Waals surface area (Å²) >= 11 is 2.32. The number of nitrogens with zero attached hydrogens (tertiary/aromatic N) is 4. The monoisotopic (exact) mass is 311 g/mol. The zero-order valence-electron chi connectivity index (χ0n) is 11.1. The van der Waals surface area contributed by atoms with Gasteiger partial charge in [0, 0.05) is 5.38 Å². The van der Waals surface area contributed by atoms with Crippen LogP contribution in [0.2, 0.25) is 0 Å². The van der Waals surface area contributed by atoms with Crippen LogP contribution in [0.3, 0.4) is 0 Å². The molecule has 0 atom stereocenters. The Kier molecular flexibility index (Phi) is 4.40. The SMILES string of the molecule is CC(=NO)c1csc(NC(=O)c2snnc2C(C)C)n1. The van der Waals surface area contributed by atoms with Gasteiger partial charge in [0.15, 0.2) is 5.13 Å². The van der Waals surface area contributed by atoms with Gasteiger partial charge in [-0.25, -0.2) is 4.98 Å². The van der Waals surface area contributed by atoms with Crippen LogP contribution >= 0.6 is 22.9 Å². The number of aromatic nitrogens is 3. The summed E-state index contributed by atoms with van der Waals surface area (Å²) in [4.78, 5) is 16.8. The number of hydrogen-bond donors (Lipinski definition) is 2. The molecule has 0 bridgehead atoms. The second-order valence-electron chi connectivity index (χ2n) is 4.32. The largest absolute Gasteiger partial charge is 0.411 e. The molecule has 0 unspecified atom stereocenters. The van der Waals surface area contributed by atoms with E-state index >= 15 is 0 Å². The first-order valence-electron chi connectivity index (χ1n) is 5.81. The molecule has 2 rings (SSSR count). The fourth-order valence-corrected chi connectivity index (χ4v) is 2.90. The predicted octanol–water partition coefficient (Wildman–Crippen LogP) is 2.57. The van der Waals surface area contributed by atoms with Crippen LogP contribution in [-0.2, 0) is 0 Å². The summed E-state index contributed by atoms with van der Waals surface area (Å²) in [6, 6.07) is 0. The highest BCUT2D eigenvalue weighted by Gasteiger charge is 2.19. The van der Waals surface area contributed by atoms with Crippen LogP contribution in [0.25, 0.3) is 0 Å². The normalized spacial score (nSPS) is 11.9. The zero-order valence-corrected chi connectivity index (χ0v) is 12.7. The quantitative estimate of drug-likeness (QED) is 0.513. The molecule has 2 heterocycles. The van der Waals surface area contributed by atoms with Crippen molar-refractivity contribution in [3.8, 4) is 0 Å². The van der Waals surface area contributed by atoms with Gasteiger partial charge in [-0.1, -0.05) is 23.5 Å². The van der Waals surface area contributed by atoms with Gasteiger partial charge < -0.3 is 5.21 Å². The van der Waals surface area contributed by atoms with Gasteiger partial charge >= 0.3 is 0 Å². The van der Waals surface area contributed by atoms with Gasteiger partial charge in [-0.3, -0.25) is 10.1 Å². The first kappa shape index (κ1) is 14.5. The summed E-state index contributed by atoms with van der Waals surface area (Å²) < 4.78 is 3.81. The van der Waals surface area contributed by atoms with Crippen molar-refractivity contribution in [2.24, 2.45) is 5.16 Å². The maximum absolute atomic E-state index is 12.2. The molecule has 0 aliphatic heterocycles. The van der Waals surface area contributed by atoms with Crippen molar-refractivity contribution in [3.63, 3.8) is 0 Å².